The molecule has 1 aromatic carbocycles. The number of anilines is 1. The van der Waals surface area contributed by atoms with E-state index in [9.17, 15) is 14.4 Å². The number of nitrogens with one attached hydrogen (secondary N) is 3. The van der Waals surface area contributed by atoms with Gasteiger partial charge in [-0.1, -0.05) is 0 Å². The number of nitrogens with zero attached hydrogens (tertiary/aromatic N) is 1. The van der Waals surface area contributed by atoms with Crippen molar-refractivity contribution < 1.29 is 19.1 Å². The highest BCUT2D eigenvalue weighted by Gasteiger charge is 2.27. The lowest BCUT2D eigenvalue weighted by atomic mass is 10.1. The maximum atomic E-state index is 12.2. The number of benzene rings is 1. The van der Waals surface area contributed by atoms with Crippen molar-refractivity contribution in [3.05, 3.63) is 23.8 Å². The average molecular weight is 362 g/mol. The zero-order valence-electron chi connectivity index (χ0n) is 15.6. The van der Waals surface area contributed by atoms with Crippen molar-refractivity contribution in [2.45, 2.75) is 32.4 Å². The van der Waals surface area contributed by atoms with E-state index < -0.39 is 11.8 Å². The van der Waals surface area contributed by atoms with Gasteiger partial charge in [-0.3, -0.25) is 19.3 Å². The molecule has 1 aliphatic rings. The van der Waals surface area contributed by atoms with Crippen LogP contribution in [0.15, 0.2) is 18.2 Å². The van der Waals surface area contributed by atoms with Gasteiger partial charge in [0, 0.05) is 37.8 Å². The van der Waals surface area contributed by atoms with Crippen LogP contribution in [0.25, 0.3) is 0 Å². The van der Waals surface area contributed by atoms with Crippen molar-refractivity contribution in [3.63, 3.8) is 0 Å². The molecule has 0 aromatic heterocycles. The first kappa shape index (κ1) is 19.7. The molecular formula is C18H26N4O4. The number of amides is 3. The third-order valence-corrected chi connectivity index (χ3v) is 4.43. The molecule has 0 aliphatic carbocycles. The third-order valence-electron chi connectivity index (χ3n) is 4.43. The normalized spacial score (nSPS) is 17.0. The average Bonchev–Trinajstić information content (AvgIpc) is 3.09. The summed E-state index contributed by atoms with van der Waals surface area (Å²) in [5.41, 5.74) is 0.622. The first-order valence-corrected chi connectivity index (χ1v) is 8.61. The standard InChI is InChI=1S/C18H26N4O4/c1-11(2)22-8-7-13(10-22)20-17(24)18(25)21-14-9-12(16(23)19-3)5-6-15(14)26-4/h5-6,9,11,13H,7-8,10H2,1-4H3,(H,19,23)(H,20,24)(H,21,25). The number of rotatable bonds is 5. The molecule has 0 spiro atoms. The third kappa shape index (κ3) is 4.72. The molecule has 26 heavy (non-hydrogen) atoms. The van der Waals surface area contributed by atoms with Gasteiger partial charge in [0.2, 0.25) is 0 Å². The molecule has 1 atom stereocenters. The Bertz CT molecular complexity index is 690. The molecule has 1 unspecified atom stereocenters. The van der Waals surface area contributed by atoms with Gasteiger partial charge in [0.15, 0.2) is 0 Å². The minimum atomic E-state index is -0.791. The molecule has 3 amide bonds. The summed E-state index contributed by atoms with van der Waals surface area (Å²) >= 11 is 0. The van der Waals surface area contributed by atoms with Crippen LogP contribution in [0.1, 0.15) is 30.6 Å². The fourth-order valence-electron chi connectivity index (χ4n) is 2.90. The zero-order valence-corrected chi connectivity index (χ0v) is 15.6. The summed E-state index contributed by atoms with van der Waals surface area (Å²) in [7, 11) is 2.96. The Morgan fingerprint density at radius 1 is 1.23 bits per heavy atom. The molecule has 1 aliphatic heterocycles. The molecule has 142 valence electrons. The predicted molar refractivity (Wildman–Crippen MR) is 98.3 cm³/mol. The second-order valence-corrected chi connectivity index (χ2v) is 6.50. The number of carbonyl (C=O) groups excluding carboxylic acids is 3. The number of hydrogen-bond donors (Lipinski definition) is 3. The van der Waals surface area contributed by atoms with E-state index in [2.05, 4.69) is 34.7 Å². The summed E-state index contributed by atoms with van der Waals surface area (Å²) in [6.45, 7) is 5.82. The van der Waals surface area contributed by atoms with Gasteiger partial charge in [-0.2, -0.15) is 0 Å². The molecule has 1 heterocycles. The summed E-state index contributed by atoms with van der Waals surface area (Å²) in [5, 5.41) is 7.78. The van der Waals surface area contributed by atoms with Crippen LogP contribution < -0.4 is 20.7 Å². The van der Waals surface area contributed by atoms with E-state index in [4.69, 9.17) is 4.74 Å². The Hall–Kier alpha value is -2.61. The first-order chi connectivity index (χ1) is 12.3. The summed E-state index contributed by atoms with van der Waals surface area (Å²) in [6, 6.07) is 4.97. The van der Waals surface area contributed by atoms with Crippen LogP contribution in [0.4, 0.5) is 5.69 Å². The van der Waals surface area contributed by atoms with Crippen LogP contribution in [0.3, 0.4) is 0 Å². The van der Waals surface area contributed by atoms with Crippen molar-refractivity contribution in [2.75, 3.05) is 32.6 Å². The molecule has 1 fully saturated rings. The lowest BCUT2D eigenvalue weighted by Crippen LogP contribution is -2.43. The maximum absolute atomic E-state index is 12.2. The van der Waals surface area contributed by atoms with Crippen molar-refractivity contribution >= 4 is 23.4 Å². The van der Waals surface area contributed by atoms with Crippen molar-refractivity contribution in [1.82, 2.24) is 15.5 Å². The second-order valence-electron chi connectivity index (χ2n) is 6.50. The number of methoxy groups -OCH3 is 1. The van der Waals surface area contributed by atoms with E-state index in [0.717, 1.165) is 19.5 Å². The van der Waals surface area contributed by atoms with Gasteiger partial charge in [-0.15, -0.1) is 0 Å². The molecule has 3 N–H and O–H groups in total. The van der Waals surface area contributed by atoms with Gasteiger partial charge >= 0.3 is 11.8 Å². The zero-order chi connectivity index (χ0) is 19.3. The fraction of sp³-hybridized carbons (Fsp3) is 0.500. The quantitative estimate of drug-likeness (QED) is 0.666. The molecule has 0 bridgehead atoms. The largest absolute Gasteiger partial charge is 0.495 e. The summed E-state index contributed by atoms with van der Waals surface area (Å²) in [4.78, 5) is 38.4. The Morgan fingerprint density at radius 2 is 1.96 bits per heavy atom. The number of likely N-dealkylation sites (tertiary alicyclic amines) is 1. The molecule has 8 heteroatoms. The summed E-state index contributed by atoms with van der Waals surface area (Å²) in [6.07, 6.45) is 0.812. The van der Waals surface area contributed by atoms with Gasteiger partial charge in [-0.25, -0.2) is 0 Å². The van der Waals surface area contributed by atoms with E-state index in [1.807, 2.05) is 0 Å². The smallest absolute Gasteiger partial charge is 0.313 e. The van der Waals surface area contributed by atoms with E-state index in [-0.39, 0.29) is 17.6 Å². The molecular weight excluding hydrogens is 336 g/mol. The van der Waals surface area contributed by atoms with Gasteiger partial charge in [0.25, 0.3) is 5.91 Å². The van der Waals surface area contributed by atoms with Crippen LogP contribution in [-0.4, -0.2) is 62.0 Å². The van der Waals surface area contributed by atoms with Crippen LogP contribution in [-0.2, 0) is 9.59 Å². The summed E-state index contributed by atoms with van der Waals surface area (Å²) in [5.74, 6) is -1.42. The molecule has 0 saturated carbocycles. The maximum Gasteiger partial charge on any atom is 0.313 e. The van der Waals surface area contributed by atoms with E-state index >= 15 is 0 Å². The van der Waals surface area contributed by atoms with E-state index in [1.165, 1.54) is 20.2 Å². The topological polar surface area (TPSA) is 99.8 Å². The SMILES string of the molecule is CNC(=O)c1ccc(OC)c(NC(=O)C(=O)NC2CCN(C(C)C)C2)c1. The molecule has 8 nitrogen and oxygen atoms in total. The molecule has 2 rings (SSSR count). The molecule has 0 radical (unpaired) electrons. The monoisotopic (exact) mass is 362 g/mol. The number of hydrogen-bond acceptors (Lipinski definition) is 5. The highest BCUT2D eigenvalue weighted by Crippen LogP contribution is 2.25. The van der Waals surface area contributed by atoms with E-state index in [1.54, 1.807) is 12.1 Å². The lowest BCUT2D eigenvalue weighted by molar-refractivity contribution is -0.136. The Morgan fingerprint density at radius 3 is 2.54 bits per heavy atom. The highest BCUT2D eigenvalue weighted by molar-refractivity contribution is 6.39. The molecule has 1 aromatic rings. The van der Waals surface area contributed by atoms with Gasteiger partial charge in [0.05, 0.1) is 12.8 Å². The first-order valence-electron chi connectivity index (χ1n) is 8.61. The minimum Gasteiger partial charge on any atom is -0.495 e. The van der Waals surface area contributed by atoms with Crippen LogP contribution in [0, 0.1) is 0 Å². The number of carbonyl (C=O) groups is 3. The molecule has 1 saturated heterocycles. The van der Waals surface area contributed by atoms with Crippen LogP contribution in [0.2, 0.25) is 0 Å². The van der Waals surface area contributed by atoms with E-state index in [0.29, 0.717) is 17.4 Å². The van der Waals surface area contributed by atoms with Gasteiger partial charge < -0.3 is 20.7 Å². The minimum absolute atomic E-state index is 0.0465. The Labute approximate surface area is 153 Å². The predicted octanol–water partition coefficient (Wildman–Crippen LogP) is 0.592. The highest BCUT2D eigenvalue weighted by atomic mass is 16.5. The Kier molecular flexibility index (Phi) is 6.57. The fourth-order valence-corrected chi connectivity index (χ4v) is 2.90. The number of ether oxygens (including phenoxy) is 1. The van der Waals surface area contributed by atoms with Crippen molar-refractivity contribution in [2.24, 2.45) is 0 Å². The van der Waals surface area contributed by atoms with Crippen molar-refractivity contribution in [1.29, 1.82) is 0 Å². The van der Waals surface area contributed by atoms with Crippen molar-refractivity contribution in [3.8, 4) is 5.75 Å². The Balaban J connectivity index is 2.02. The van der Waals surface area contributed by atoms with Gasteiger partial charge in [0.1, 0.15) is 5.75 Å². The van der Waals surface area contributed by atoms with Crippen LogP contribution >= 0.6 is 0 Å². The summed E-state index contributed by atoms with van der Waals surface area (Å²) < 4.78 is 5.18. The lowest BCUT2D eigenvalue weighted by Gasteiger charge is -2.20. The van der Waals surface area contributed by atoms with Gasteiger partial charge in [-0.05, 0) is 38.5 Å². The second kappa shape index (κ2) is 8.66. The van der Waals surface area contributed by atoms with Crippen LogP contribution in [0.5, 0.6) is 5.75 Å².